The Hall–Kier alpha value is -2.15. The number of hydrogen-bond acceptors (Lipinski definition) is 5. The molecule has 0 saturated carbocycles. The molecule has 0 fully saturated rings. The molecule has 2 rings (SSSR count). The van der Waals surface area contributed by atoms with Crippen molar-refractivity contribution in [2.24, 2.45) is 0 Å². The summed E-state index contributed by atoms with van der Waals surface area (Å²) in [4.78, 5) is 14.5. The number of nitrogens with one attached hydrogen (secondary N) is 1. The second-order valence-electron chi connectivity index (χ2n) is 3.87. The number of rotatable bonds is 4. The summed E-state index contributed by atoms with van der Waals surface area (Å²) in [5.74, 6) is 0.241. The molecular formula is C12H11BrN4O2. The fraction of sp³-hybridized carbons (Fsp3) is 0.0833. The van der Waals surface area contributed by atoms with Crippen LogP contribution in [0.15, 0.2) is 41.0 Å². The summed E-state index contributed by atoms with van der Waals surface area (Å²) in [5.41, 5.74) is 7.17. The van der Waals surface area contributed by atoms with Crippen molar-refractivity contribution in [1.82, 2.24) is 4.98 Å². The van der Waals surface area contributed by atoms with Crippen LogP contribution in [0.1, 0.15) is 5.56 Å². The minimum absolute atomic E-state index is 0.0650. The van der Waals surface area contributed by atoms with E-state index in [4.69, 9.17) is 5.73 Å². The Labute approximate surface area is 117 Å². The maximum Gasteiger partial charge on any atom is 0.312 e. The van der Waals surface area contributed by atoms with E-state index in [0.717, 1.165) is 5.56 Å². The number of halogens is 1. The van der Waals surface area contributed by atoms with Crippen molar-refractivity contribution in [3.05, 3.63) is 56.7 Å². The zero-order valence-electron chi connectivity index (χ0n) is 9.84. The number of nitrogen functional groups attached to an aromatic ring is 1. The van der Waals surface area contributed by atoms with Crippen molar-refractivity contribution in [3.63, 3.8) is 0 Å². The molecule has 0 amide bonds. The average Bonchev–Trinajstić information content (AvgIpc) is 2.39. The second kappa shape index (κ2) is 5.66. The van der Waals surface area contributed by atoms with Gasteiger partial charge in [0, 0.05) is 29.0 Å². The number of nitro groups is 1. The highest BCUT2D eigenvalue weighted by atomic mass is 79.9. The molecule has 3 N–H and O–H groups in total. The molecule has 7 heteroatoms. The summed E-state index contributed by atoms with van der Waals surface area (Å²) in [5, 5.41) is 13.9. The van der Waals surface area contributed by atoms with E-state index in [2.05, 4.69) is 26.2 Å². The molecule has 0 aliphatic rings. The van der Waals surface area contributed by atoms with Gasteiger partial charge >= 0.3 is 5.69 Å². The van der Waals surface area contributed by atoms with Crippen molar-refractivity contribution in [2.45, 2.75) is 6.54 Å². The van der Waals surface area contributed by atoms with E-state index in [9.17, 15) is 10.1 Å². The molecule has 0 radical (unpaired) electrons. The van der Waals surface area contributed by atoms with Gasteiger partial charge in [0.2, 0.25) is 5.82 Å². The van der Waals surface area contributed by atoms with Crippen molar-refractivity contribution >= 4 is 33.1 Å². The molecular weight excluding hydrogens is 312 g/mol. The van der Waals surface area contributed by atoms with Crippen LogP contribution in [-0.4, -0.2) is 9.91 Å². The van der Waals surface area contributed by atoms with Gasteiger partial charge < -0.3 is 11.1 Å². The van der Waals surface area contributed by atoms with Gasteiger partial charge in [-0.05, 0) is 33.6 Å². The van der Waals surface area contributed by atoms with Gasteiger partial charge in [-0.2, -0.15) is 0 Å². The summed E-state index contributed by atoms with van der Waals surface area (Å²) < 4.78 is 0.567. The lowest BCUT2D eigenvalue weighted by Crippen LogP contribution is -2.04. The second-order valence-corrected chi connectivity index (χ2v) is 4.79. The number of hydrogen-bond donors (Lipinski definition) is 2. The Balaban J connectivity index is 2.15. The molecule has 0 spiro atoms. The van der Waals surface area contributed by atoms with Gasteiger partial charge in [-0.1, -0.05) is 12.1 Å². The molecule has 0 aliphatic carbocycles. The van der Waals surface area contributed by atoms with Gasteiger partial charge in [0.25, 0.3) is 0 Å². The number of aromatic nitrogens is 1. The van der Waals surface area contributed by atoms with E-state index < -0.39 is 4.92 Å². The van der Waals surface area contributed by atoms with E-state index in [1.165, 1.54) is 12.3 Å². The van der Waals surface area contributed by atoms with Crippen LogP contribution in [0.3, 0.4) is 0 Å². The topological polar surface area (TPSA) is 94.1 Å². The lowest BCUT2D eigenvalue weighted by molar-refractivity contribution is -0.384. The molecule has 0 aliphatic heterocycles. The summed E-state index contributed by atoms with van der Waals surface area (Å²) in [6.45, 7) is 0.440. The van der Waals surface area contributed by atoms with E-state index in [0.29, 0.717) is 16.7 Å². The Morgan fingerprint density at radius 2 is 2.05 bits per heavy atom. The minimum Gasteiger partial charge on any atom is -0.399 e. The van der Waals surface area contributed by atoms with Gasteiger partial charge in [-0.25, -0.2) is 4.98 Å². The Morgan fingerprint density at radius 3 is 2.68 bits per heavy atom. The number of nitrogens with two attached hydrogens (primary N) is 1. The highest BCUT2D eigenvalue weighted by molar-refractivity contribution is 9.10. The SMILES string of the molecule is Nc1ccc(CNc2ncc(Br)cc2[N+](=O)[O-])cc1. The van der Waals surface area contributed by atoms with Crippen molar-refractivity contribution in [2.75, 3.05) is 11.1 Å². The van der Waals surface area contributed by atoms with Crippen LogP contribution in [0.5, 0.6) is 0 Å². The first-order chi connectivity index (χ1) is 9.06. The zero-order chi connectivity index (χ0) is 13.8. The first-order valence-corrected chi connectivity index (χ1v) is 6.24. The van der Waals surface area contributed by atoms with Crippen molar-refractivity contribution < 1.29 is 4.92 Å². The molecule has 0 bridgehead atoms. The number of nitrogens with zero attached hydrogens (tertiary/aromatic N) is 2. The van der Waals surface area contributed by atoms with Crippen LogP contribution >= 0.6 is 15.9 Å². The number of pyridine rings is 1. The predicted molar refractivity (Wildman–Crippen MR) is 76.8 cm³/mol. The normalized spacial score (nSPS) is 10.2. The maximum atomic E-state index is 10.9. The van der Waals surface area contributed by atoms with Gasteiger partial charge in [0.05, 0.1) is 4.92 Å². The van der Waals surface area contributed by atoms with Gasteiger partial charge in [-0.15, -0.1) is 0 Å². The number of benzene rings is 1. The first-order valence-electron chi connectivity index (χ1n) is 5.44. The average molecular weight is 323 g/mol. The molecule has 1 heterocycles. The summed E-state index contributed by atoms with van der Waals surface area (Å²) in [6, 6.07) is 8.68. The zero-order valence-corrected chi connectivity index (χ0v) is 11.4. The highest BCUT2D eigenvalue weighted by Crippen LogP contribution is 2.25. The van der Waals surface area contributed by atoms with E-state index in [1.807, 2.05) is 12.1 Å². The molecule has 19 heavy (non-hydrogen) atoms. The maximum absolute atomic E-state index is 10.9. The summed E-state index contributed by atoms with van der Waals surface area (Å²) >= 11 is 3.16. The smallest absolute Gasteiger partial charge is 0.312 e. The van der Waals surface area contributed by atoms with Crippen LogP contribution in [-0.2, 0) is 6.54 Å². The standard InChI is InChI=1S/C12H11BrN4O2/c13-9-5-11(17(18)19)12(16-7-9)15-6-8-1-3-10(14)4-2-8/h1-5,7H,6,14H2,(H,15,16). The van der Waals surface area contributed by atoms with Crippen LogP contribution in [0.25, 0.3) is 0 Å². The molecule has 0 unspecified atom stereocenters. The molecule has 6 nitrogen and oxygen atoms in total. The molecule has 98 valence electrons. The largest absolute Gasteiger partial charge is 0.399 e. The quantitative estimate of drug-likeness (QED) is 0.512. The lowest BCUT2D eigenvalue weighted by Gasteiger charge is -2.06. The van der Waals surface area contributed by atoms with Crippen LogP contribution in [0, 0.1) is 10.1 Å². The lowest BCUT2D eigenvalue weighted by atomic mass is 10.2. The fourth-order valence-corrected chi connectivity index (χ4v) is 1.84. The Morgan fingerprint density at radius 1 is 1.37 bits per heavy atom. The highest BCUT2D eigenvalue weighted by Gasteiger charge is 2.15. The fourth-order valence-electron chi connectivity index (χ4n) is 1.53. The Kier molecular flexibility index (Phi) is 3.96. The van der Waals surface area contributed by atoms with Gasteiger partial charge in [0.1, 0.15) is 0 Å². The molecule has 1 aromatic heterocycles. The summed E-state index contributed by atoms with van der Waals surface area (Å²) in [7, 11) is 0. The van der Waals surface area contributed by atoms with E-state index in [1.54, 1.807) is 12.1 Å². The molecule has 0 atom stereocenters. The van der Waals surface area contributed by atoms with Gasteiger partial charge in [0.15, 0.2) is 0 Å². The molecule has 2 aromatic rings. The third kappa shape index (κ3) is 3.41. The molecule has 0 saturated heterocycles. The van der Waals surface area contributed by atoms with E-state index in [-0.39, 0.29) is 11.5 Å². The number of anilines is 2. The summed E-state index contributed by atoms with van der Waals surface area (Å²) in [6.07, 6.45) is 1.51. The predicted octanol–water partition coefficient (Wildman–Crippen LogP) is 2.95. The monoisotopic (exact) mass is 322 g/mol. The third-order valence-corrected chi connectivity index (χ3v) is 2.90. The molecule has 1 aromatic carbocycles. The van der Waals surface area contributed by atoms with Crippen LogP contribution < -0.4 is 11.1 Å². The third-order valence-electron chi connectivity index (χ3n) is 2.47. The van der Waals surface area contributed by atoms with E-state index >= 15 is 0 Å². The van der Waals surface area contributed by atoms with Gasteiger partial charge in [-0.3, -0.25) is 10.1 Å². The van der Waals surface area contributed by atoms with Crippen molar-refractivity contribution in [3.8, 4) is 0 Å². The van der Waals surface area contributed by atoms with Crippen LogP contribution in [0.2, 0.25) is 0 Å². The van der Waals surface area contributed by atoms with Crippen molar-refractivity contribution in [1.29, 1.82) is 0 Å². The first kappa shape index (κ1) is 13.3. The van der Waals surface area contributed by atoms with Crippen LogP contribution in [0.4, 0.5) is 17.2 Å². The Bertz CT molecular complexity index is 601. The minimum atomic E-state index is -0.469.